The fourth-order valence-corrected chi connectivity index (χ4v) is 2.29. The van der Waals surface area contributed by atoms with Crippen LogP contribution in [0.25, 0.3) is 0 Å². The van der Waals surface area contributed by atoms with Gasteiger partial charge in [-0.2, -0.15) is 0 Å². The van der Waals surface area contributed by atoms with Crippen LogP contribution in [0.15, 0.2) is 18.2 Å². The van der Waals surface area contributed by atoms with Crippen molar-refractivity contribution in [1.29, 1.82) is 0 Å². The van der Waals surface area contributed by atoms with Crippen LogP contribution < -0.4 is 10.6 Å². The van der Waals surface area contributed by atoms with Crippen molar-refractivity contribution >= 4 is 38.9 Å². The summed E-state index contributed by atoms with van der Waals surface area (Å²) in [5.74, 6) is -1.09. The molecule has 116 valence electrons. The molecule has 6 nitrogen and oxygen atoms in total. The Labute approximate surface area is 128 Å². The summed E-state index contributed by atoms with van der Waals surface area (Å²) in [6.45, 7) is 2.21. The number of carbonyl (C=O) groups is 2. The number of hydrogen-bond donors (Lipinski definition) is 2. The lowest BCUT2D eigenvalue weighted by atomic mass is 10.1. The zero-order valence-corrected chi connectivity index (χ0v) is 13.3. The number of anilines is 1. The molecule has 0 saturated carbocycles. The maximum Gasteiger partial charge on any atom is 0.253 e. The van der Waals surface area contributed by atoms with Crippen LogP contribution >= 0.6 is 11.6 Å². The van der Waals surface area contributed by atoms with E-state index >= 15 is 0 Å². The molecule has 8 heteroatoms. The molecule has 0 saturated heterocycles. The van der Waals surface area contributed by atoms with Gasteiger partial charge < -0.3 is 10.6 Å². The molecule has 2 amide bonds. The van der Waals surface area contributed by atoms with Crippen LogP contribution in [0.4, 0.5) is 5.69 Å². The Morgan fingerprint density at radius 2 is 1.95 bits per heavy atom. The van der Waals surface area contributed by atoms with Gasteiger partial charge in [-0.3, -0.25) is 9.59 Å². The van der Waals surface area contributed by atoms with Gasteiger partial charge in [-0.15, -0.1) is 0 Å². The monoisotopic (exact) mass is 332 g/mol. The first-order chi connectivity index (χ1) is 9.73. The van der Waals surface area contributed by atoms with E-state index in [1.54, 1.807) is 6.92 Å². The van der Waals surface area contributed by atoms with Crippen LogP contribution in [0.2, 0.25) is 5.02 Å². The first-order valence-corrected chi connectivity index (χ1v) is 8.72. The van der Waals surface area contributed by atoms with Crippen LogP contribution in [0, 0.1) is 0 Å². The summed E-state index contributed by atoms with van der Waals surface area (Å²) in [4.78, 5) is 23.6. The summed E-state index contributed by atoms with van der Waals surface area (Å²) in [7, 11) is -3.21. The Hall–Kier alpha value is -1.60. The minimum atomic E-state index is -3.21. The lowest BCUT2D eigenvalue weighted by Gasteiger charge is -2.11. The van der Waals surface area contributed by atoms with E-state index in [0.29, 0.717) is 17.3 Å². The molecule has 1 rings (SSSR count). The summed E-state index contributed by atoms with van der Waals surface area (Å²) < 4.78 is 22.1. The van der Waals surface area contributed by atoms with Crippen molar-refractivity contribution in [3.05, 3.63) is 28.8 Å². The minimum Gasteiger partial charge on any atom is -0.352 e. The molecule has 0 spiro atoms. The molecular formula is C13H17ClN2O4S. The molecule has 0 aliphatic carbocycles. The van der Waals surface area contributed by atoms with Gasteiger partial charge in [0.15, 0.2) is 0 Å². The van der Waals surface area contributed by atoms with Gasteiger partial charge in [0.2, 0.25) is 5.91 Å². The Kier molecular flexibility index (Phi) is 6.17. The maximum atomic E-state index is 11.9. The predicted molar refractivity (Wildman–Crippen MR) is 82.4 cm³/mol. The van der Waals surface area contributed by atoms with Crippen molar-refractivity contribution in [3.63, 3.8) is 0 Å². The standard InChI is InChI=1S/C13H17ClN2O4S/c1-3-15-13(18)10-8-9(14)4-5-11(10)16-12(17)6-7-21(2,19)20/h4-5,8H,3,6-7H2,1-2H3,(H,15,18)(H,16,17). The molecule has 0 bridgehead atoms. The molecule has 0 heterocycles. The highest BCUT2D eigenvalue weighted by molar-refractivity contribution is 7.90. The number of carbonyl (C=O) groups excluding carboxylic acids is 2. The highest BCUT2D eigenvalue weighted by Gasteiger charge is 2.14. The fraction of sp³-hybridized carbons (Fsp3) is 0.385. The normalized spacial score (nSPS) is 11.0. The number of halogens is 1. The van der Waals surface area contributed by atoms with Gasteiger partial charge in [0.25, 0.3) is 5.91 Å². The van der Waals surface area contributed by atoms with E-state index in [1.165, 1.54) is 18.2 Å². The third kappa shape index (κ3) is 6.14. The molecular weight excluding hydrogens is 316 g/mol. The van der Waals surface area contributed by atoms with Crippen molar-refractivity contribution in [2.75, 3.05) is 23.9 Å². The molecule has 0 unspecified atom stereocenters. The molecule has 0 aliphatic heterocycles. The van der Waals surface area contributed by atoms with Gasteiger partial charge in [0.1, 0.15) is 9.84 Å². The zero-order chi connectivity index (χ0) is 16.0. The fourth-order valence-electron chi connectivity index (χ4n) is 1.56. The summed E-state index contributed by atoms with van der Waals surface area (Å²) in [5.41, 5.74) is 0.529. The van der Waals surface area contributed by atoms with E-state index in [2.05, 4.69) is 10.6 Å². The van der Waals surface area contributed by atoms with Crippen molar-refractivity contribution in [1.82, 2.24) is 5.32 Å². The smallest absolute Gasteiger partial charge is 0.253 e. The van der Waals surface area contributed by atoms with Gasteiger partial charge >= 0.3 is 0 Å². The average molecular weight is 333 g/mol. The topological polar surface area (TPSA) is 92.3 Å². The number of amides is 2. The second-order valence-corrected chi connectivity index (χ2v) is 7.17. The Morgan fingerprint density at radius 3 is 2.52 bits per heavy atom. The lowest BCUT2D eigenvalue weighted by molar-refractivity contribution is -0.115. The highest BCUT2D eigenvalue weighted by Crippen LogP contribution is 2.21. The molecule has 21 heavy (non-hydrogen) atoms. The quantitative estimate of drug-likeness (QED) is 0.825. The van der Waals surface area contributed by atoms with Crippen LogP contribution in [0.1, 0.15) is 23.7 Å². The first-order valence-electron chi connectivity index (χ1n) is 6.28. The summed E-state index contributed by atoms with van der Waals surface area (Å²) in [5, 5.41) is 5.51. The lowest BCUT2D eigenvalue weighted by Crippen LogP contribution is -2.25. The first kappa shape index (κ1) is 17.5. The SMILES string of the molecule is CCNC(=O)c1cc(Cl)ccc1NC(=O)CCS(C)(=O)=O. The molecule has 0 atom stereocenters. The van der Waals surface area contributed by atoms with Crippen LogP contribution in [-0.4, -0.2) is 38.8 Å². The van der Waals surface area contributed by atoms with Crippen molar-refractivity contribution in [2.24, 2.45) is 0 Å². The van der Waals surface area contributed by atoms with Crippen LogP contribution in [0.5, 0.6) is 0 Å². The zero-order valence-electron chi connectivity index (χ0n) is 11.8. The number of hydrogen-bond acceptors (Lipinski definition) is 4. The maximum absolute atomic E-state index is 11.9. The molecule has 0 radical (unpaired) electrons. The molecule has 2 N–H and O–H groups in total. The minimum absolute atomic E-state index is 0.170. The average Bonchev–Trinajstić information content (AvgIpc) is 2.38. The van der Waals surface area contributed by atoms with Crippen LogP contribution in [-0.2, 0) is 14.6 Å². The summed E-state index contributed by atoms with van der Waals surface area (Å²) in [6.07, 6.45) is 0.888. The van der Waals surface area contributed by atoms with E-state index in [0.717, 1.165) is 6.26 Å². The third-order valence-corrected chi connectivity index (χ3v) is 3.72. The number of nitrogens with one attached hydrogen (secondary N) is 2. The number of rotatable bonds is 6. The Balaban J connectivity index is 2.87. The van der Waals surface area contributed by atoms with Crippen molar-refractivity contribution in [2.45, 2.75) is 13.3 Å². The molecule has 0 aromatic heterocycles. The van der Waals surface area contributed by atoms with Crippen LogP contribution in [0.3, 0.4) is 0 Å². The Bertz CT molecular complexity index is 644. The van der Waals surface area contributed by atoms with E-state index in [-0.39, 0.29) is 23.6 Å². The van der Waals surface area contributed by atoms with Gasteiger partial charge in [-0.1, -0.05) is 11.6 Å². The van der Waals surface area contributed by atoms with E-state index < -0.39 is 15.7 Å². The molecule has 1 aromatic carbocycles. The van der Waals surface area contributed by atoms with Gasteiger partial charge in [-0.05, 0) is 25.1 Å². The van der Waals surface area contributed by atoms with E-state index in [4.69, 9.17) is 11.6 Å². The van der Waals surface area contributed by atoms with E-state index in [1.807, 2.05) is 0 Å². The summed E-state index contributed by atoms with van der Waals surface area (Å²) >= 11 is 5.85. The van der Waals surface area contributed by atoms with Gasteiger partial charge in [0.05, 0.1) is 17.0 Å². The van der Waals surface area contributed by atoms with Crippen molar-refractivity contribution in [3.8, 4) is 0 Å². The Morgan fingerprint density at radius 1 is 1.29 bits per heavy atom. The largest absolute Gasteiger partial charge is 0.352 e. The van der Waals surface area contributed by atoms with E-state index in [9.17, 15) is 18.0 Å². The van der Waals surface area contributed by atoms with Gasteiger partial charge in [0, 0.05) is 24.2 Å². The summed E-state index contributed by atoms with van der Waals surface area (Å²) in [6, 6.07) is 4.49. The number of benzene rings is 1. The highest BCUT2D eigenvalue weighted by atomic mass is 35.5. The third-order valence-electron chi connectivity index (χ3n) is 2.54. The predicted octanol–water partition coefficient (Wildman–Crippen LogP) is 1.46. The van der Waals surface area contributed by atoms with Crippen molar-refractivity contribution < 1.29 is 18.0 Å². The number of sulfone groups is 1. The molecule has 0 aliphatic rings. The second kappa shape index (κ2) is 7.42. The molecule has 0 fully saturated rings. The second-order valence-electron chi connectivity index (χ2n) is 4.48. The van der Waals surface area contributed by atoms with Gasteiger partial charge in [-0.25, -0.2) is 8.42 Å². The molecule has 1 aromatic rings.